The van der Waals surface area contributed by atoms with Crippen LogP contribution in [0.15, 0.2) is 17.4 Å². The third kappa shape index (κ3) is 1.86. The van der Waals surface area contributed by atoms with E-state index in [-0.39, 0.29) is 11.4 Å². The van der Waals surface area contributed by atoms with E-state index < -0.39 is 0 Å². The molecule has 0 aromatic carbocycles. The third-order valence-electron chi connectivity index (χ3n) is 2.97. The Kier molecular flexibility index (Phi) is 3.05. The van der Waals surface area contributed by atoms with Crippen molar-refractivity contribution < 1.29 is 0 Å². The maximum atomic E-state index is 11.5. The maximum Gasteiger partial charge on any atom is 0.292 e. The molecule has 0 spiro atoms. The number of hydrogen-bond donors (Lipinski definition) is 3. The van der Waals surface area contributed by atoms with Gasteiger partial charge in [-0.05, 0) is 25.7 Å². The zero-order valence-corrected chi connectivity index (χ0v) is 9.12. The number of hydrazine groups is 1. The summed E-state index contributed by atoms with van der Waals surface area (Å²) in [5, 5.41) is 0. The van der Waals surface area contributed by atoms with Gasteiger partial charge in [-0.3, -0.25) is 4.79 Å². The van der Waals surface area contributed by atoms with E-state index in [0.717, 1.165) is 37.1 Å². The fourth-order valence-electron chi connectivity index (χ4n) is 2.22. The van der Waals surface area contributed by atoms with Gasteiger partial charge in [0.2, 0.25) is 5.82 Å². The second kappa shape index (κ2) is 4.49. The molecule has 5 heteroatoms. The fraction of sp³-hybridized carbons (Fsp3) is 0.455. The van der Waals surface area contributed by atoms with E-state index in [2.05, 4.69) is 22.0 Å². The van der Waals surface area contributed by atoms with E-state index in [1.165, 1.54) is 0 Å². The van der Waals surface area contributed by atoms with Gasteiger partial charge >= 0.3 is 0 Å². The van der Waals surface area contributed by atoms with Crippen LogP contribution in [0.2, 0.25) is 0 Å². The number of H-pyrrole nitrogens is 1. The minimum Gasteiger partial charge on any atom is -0.321 e. The van der Waals surface area contributed by atoms with Crippen LogP contribution in [0.3, 0.4) is 0 Å². The highest BCUT2D eigenvalue weighted by Gasteiger charge is 2.22. The smallest absolute Gasteiger partial charge is 0.292 e. The first kappa shape index (κ1) is 10.9. The quantitative estimate of drug-likeness (QED) is 0.404. The summed E-state index contributed by atoms with van der Waals surface area (Å²) in [5.74, 6) is 5.79. The molecule has 0 fully saturated rings. The number of rotatable bonds is 3. The highest BCUT2D eigenvalue weighted by Crippen LogP contribution is 2.31. The summed E-state index contributed by atoms with van der Waals surface area (Å²) >= 11 is 0. The summed E-state index contributed by atoms with van der Waals surface area (Å²) < 4.78 is 0. The number of aromatic nitrogens is 2. The zero-order chi connectivity index (χ0) is 11.5. The summed E-state index contributed by atoms with van der Waals surface area (Å²) in [6, 6.07) is 0. The molecule has 0 saturated heterocycles. The van der Waals surface area contributed by atoms with Gasteiger partial charge in [0.15, 0.2) is 0 Å². The summed E-state index contributed by atoms with van der Waals surface area (Å²) in [6.45, 7) is 3.75. The van der Waals surface area contributed by atoms with Crippen molar-refractivity contribution in [3.8, 4) is 0 Å². The lowest BCUT2D eigenvalue weighted by Gasteiger charge is -2.23. The molecule has 0 bridgehead atoms. The third-order valence-corrected chi connectivity index (χ3v) is 2.97. The lowest BCUT2D eigenvalue weighted by molar-refractivity contribution is 0.531. The Labute approximate surface area is 93.8 Å². The minimum absolute atomic E-state index is 0.190. The van der Waals surface area contributed by atoms with Crippen molar-refractivity contribution in [2.45, 2.75) is 31.6 Å². The average molecular weight is 220 g/mol. The number of nitrogens with zero attached hydrogens (tertiary/aromatic N) is 1. The van der Waals surface area contributed by atoms with Gasteiger partial charge in [-0.2, -0.15) is 0 Å². The molecule has 1 aliphatic carbocycles. The number of aromatic amines is 1. The van der Waals surface area contributed by atoms with Crippen LogP contribution >= 0.6 is 0 Å². The molecule has 1 aliphatic rings. The van der Waals surface area contributed by atoms with Crippen molar-refractivity contribution in [3.63, 3.8) is 0 Å². The summed E-state index contributed by atoms with van der Waals surface area (Å²) in [5.41, 5.74) is 3.98. The molecule has 5 nitrogen and oxygen atoms in total. The van der Waals surface area contributed by atoms with Crippen LogP contribution in [0.25, 0.3) is 0 Å². The molecule has 0 radical (unpaired) electrons. The molecular weight excluding hydrogens is 204 g/mol. The highest BCUT2D eigenvalue weighted by molar-refractivity contribution is 5.34. The van der Waals surface area contributed by atoms with E-state index >= 15 is 0 Å². The molecule has 0 saturated carbocycles. The Bertz CT molecular complexity index is 452. The lowest BCUT2D eigenvalue weighted by atomic mass is 9.87. The molecule has 86 valence electrons. The van der Waals surface area contributed by atoms with Crippen molar-refractivity contribution in [2.24, 2.45) is 5.84 Å². The number of allylic oxidation sites excluding steroid dienone is 1. The van der Waals surface area contributed by atoms with Gasteiger partial charge in [0, 0.05) is 11.6 Å². The predicted molar refractivity (Wildman–Crippen MR) is 63.2 cm³/mol. The predicted octanol–water partition coefficient (Wildman–Crippen LogP) is 1.05. The van der Waals surface area contributed by atoms with Gasteiger partial charge in [-0.1, -0.05) is 6.08 Å². The van der Waals surface area contributed by atoms with Crippen molar-refractivity contribution in [3.05, 3.63) is 34.4 Å². The molecule has 1 heterocycles. The van der Waals surface area contributed by atoms with Crippen LogP contribution in [0.1, 0.15) is 36.6 Å². The molecule has 2 rings (SSSR count). The standard InChI is InChI=1S/C11H16N4O/c1-2-4-7-5-3-6-8-9(7)14-10(15-12)11(16)13-8/h2,7H,1,3-6,12H2,(H,13,16)(H,14,15). The van der Waals surface area contributed by atoms with E-state index in [9.17, 15) is 4.79 Å². The first-order chi connectivity index (χ1) is 7.76. The molecule has 4 N–H and O–H groups in total. The van der Waals surface area contributed by atoms with E-state index in [1.807, 2.05) is 6.08 Å². The van der Waals surface area contributed by atoms with Crippen molar-refractivity contribution in [1.29, 1.82) is 0 Å². The zero-order valence-electron chi connectivity index (χ0n) is 9.12. The van der Waals surface area contributed by atoms with Crippen LogP contribution in [0.4, 0.5) is 5.82 Å². The normalized spacial score (nSPS) is 18.9. The molecule has 1 aromatic heterocycles. The summed E-state index contributed by atoms with van der Waals surface area (Å²) in [6.07, 6.45) is 5.83. The lowest BCUT2D eigenvalue weighted by Crippen LogP contribution is -2.26. The minimum atomic E-state index is -0.250. The second-order valence-electron chi connectivity index (χ2n) is 4.04. The van der Waals surface area contributed by atoms with Crippen LogP contribution in [0.5, 0.6) is 0 Å². The Morgan fingerprint density at radius 3 is 3.19 bits per heavy atom. The molecule has 0 aliphatic heterocycles. The number of nitrogen functional groups attached to an aromatic ring is 1. The Morgan fingerprint density at radius 1 is 1.69 bits per heavy atom. The first-order valence-electron chi connectivity index (χ1n) is 5.47. The van der Waals surface area contributed by atoms with Crippen molar-refractivity contribution >= 4 is 5.82 Å². The molecular formula is C11H16N4O. The number of anilines is 1. The number of aryl methyl sites for hydroxylation is 1. The molecule has 16 heavy (non-hydrogen) atoms. The maximum absolute atomic E-state index is 11.5. The second-order valence-corrected chi connectivity index (χ2v) is 4.04. The van der Waals surface area contributed by atoms with E-state index in [4.69, 9.17) is 5.84 Å². The Morgan fingerprint density at radius 2 is 2.50 bits per heavy atom. The number of nitrogens with one attached hydrogen (secondary N) is 2. The summed E-state index contributed by atoms with van der Waals surface area (Å²) in [4.78, 5) is 18.7. The van der Waals surface area contributed by atoms with E-state index in [1.54, 1.807) is 0 Å². The van der Waals surface area contributed by atoms with Crippen LogP contribution in [-0.2, 0) is 6.42 Å². The molecule has 1 atom stereocenters. The highest BCUT2D eigenvalue weighted by atomic mass is 16.1. The SMILES string of the molecule is C=CCC1CCCc2[nH]c(=O)c(NN)nc21. The van der Waals surface area contributed by atoms with Gasteiger partial charge in [0.05, 0.1) is 5.69 Å². The number of fused-ring (bicyclic) bond motifs is 1. The van der Waals surface area contributed by atoms with Gasteiger partial charge in [-0.25, -0.2) is 10.8 Å². The topological polar surface area (TPSA) is 83.8 Å². The van der Waals surface area contributed by atoms with Gasteiger partial charge in [0.1, 0.15) is 0 Å². The van der Waals surface area contributed by atoms with Gasteiger partial charge < -0.3 is 10.4 Å². The number of hydrogen-bond acceptors (Lipinski definition) is 4. The Hall–Kier alpha value is -1.62. The van der Waals surface area contributed by atoms with Gasteiger partial charge in [0.25, 0.3) is 5.56 Å². The Balaban J connectivity index is 2.46. The average Bonchev–Trinajstić information content (AvgIpc) is 2.29. The van der Waals surface area contributed by atoms with Crippen LogP contribution < -0.4 is 16.8 Å². The van der Waals surface area contributed by atoms with Crippen LogP contribution in [-0.4, -0.2) is 9.97 Å². The summed E-state index contributed by atoms with van der Waals surface area (Å²) in [7, 11) is 0. The van der Waals surface area contributed by atoms with Gasteiger partial charge in [-0.15, -0.1) is 6.58 Å². The fourth-order valence-corrected chi connectivity index (χ4v) is 2.22. The first-order valence-corrected chi connectivity index (χ1v) is 5.47. The molecule has 1 unspecified atom stereocenters. The molecule has 0 amide bonds. The van der Waals surface area contributed by atoms with Crippen molar-refractivity contribution in [2.75, 3.05) is 5.43 Å². The monoisotopic (exact) mass is 220 g/mol. The van der Waals surface area contributed by atoms with Crippen LogP contribution in [0, 0.1) is 0 Å². The van der Waals surface area contributed by atoms with E-state index in [0.29, 0.717) is 5.92 Å². The van der Waals surface area contributed by atoms with Crippen molar-refractivity contribution in [1.82, 2.24) is 9.97 Å². The largest absolute Gasteiger partial charge is 0.321 e. The number of nitrogens with two attached hydrogens (primary N) is 1. The molecule has 1 aromatic rings.